The predicted octanol–water partition coefficient (Wildman–Crippen LogP) is 10.3. The summed E-state index contributed by atoms with van der Waals surface area (Å²) in [5.74, 6) is 4.50. The summed E-state index contributed by atoms with van der Waals surface area (Å²) in [4.78, 5) is 14.7. The number of ether oxygens (including phenoxy) is 1. The van der Waals surface area contributed by atoms with Crippen molar-refractivity contribution >= 4 is 0 Å². The Labute approximate surface area is 288 Å². The summed E-state index contributed by atoms with van der Waals surface area (Å²) in [6.45, 7) is 0. The molecule has 4 atom stereocenters. The highest BCUT2D eigenvalue weighted by Gasteiger charge is 2.68. The molecule has 242 valence electrons. The van der Waals surface area contributed by atoms with E-state index in [0.717, 1.165) is 16.7 Å². The maximum Gasteiger partial charge on any atom is 0.164 e. The van der Waals surface area contributed by atoms with E-state index in [2.05, 4.69) is 48.5 Å². The smallest absolute Gasteiger partial charge is 0.164 e. The van der Waals surface area contributed by atoms with Crippen LogP contribution in [0.4, 0.5) is 0 Å². The standard InChI is InChI=1S/C44H40N4O/c45-27-28-12-14-31(15-13-28)41-46-40(30-6-2-1-3-7-30)47-42(48-41)32-18-16-29(17-19-32)33-20-25-38-39(26-33)44(36-10-5-11-37(44)24-23-36)49-43(38)34-8-4-9-35(43)22-21-34/h1-3,6-7,12-20,25-26,34-37H,4-5,8-11,21-24H2. The number of rotatable bonds is 4. The zero-order valence-corrected chi connectivity index (χ0v) is 27.8. The zero-order chi connectivity index (χ0) is 32.6. The lowest BCUT2D eigenvalue weighted by molar-refractivity contribution is -0.228. The van der Waals surface area contributed by atoms with Crippen molar-refractivity contribution in [1.82, 2.24) is 15.0 Å². The van der Waals surface area contributed by atoms with Gasteiger partial charge in [-0.25, -0.2) is 15.0 Å². The molecule has 0 amide bonds. The first-order valence-corrected chi connectivity index (χ1v) is 18.4. The number of hydrogen-bond acceptors (Lipinski definition) is 5. The first kappa shape index (κ1) is 29.3. The Balaban J connectivity index is 1.05. The van der Waals surface area contributed by atoms with Crippen molar-refractivity contribution in [3.8, 4) is 51.4 Å². The lowest BCUT2D eigenvalue weighted by Gasteiger charge is -2.47. The summed E-state index contributed by atoms with van der Waals surface area (Å²) in [7, 11) is 0. The SMILES string of the molecule is N#Cc1ccc(-c2nc(-c3ccccc3)nc(-c3ccc(-c4ccc5c(c4)C4(OC56C5CCCC6CC5)C5CCCC4CC5)cc3)n2)cc1. The first-order valence-electron chi connectivity index (χ1n) is 18.4. The van der Waals surface area contributed by atoms with E-state index in [0.29, 0.717) is 46.7 Å². The quantitative estimate of drug-likeness (QED) is 0.195. The van der Waals surface area contributed by atoms with Crippen LogP contribution in [-0.4, -0.2) is 15.0 Å². The average molecular weight is 641 g/mol. The highest BCUT2D eigenvalue weighted by Crippen LogP contribution is 2.71. The molecule has 2 heterocycles. The molecule has 5 aliphatic rings. The van der Waals surface area contributed by atoms with Gasteiger partial charge in [-0.15, -0.1) is 0 Å². The summed E-state index contributed by atoms with van der Waals surface area (Å²) in [6.07, 6.45) is 13.3. The molecule has 0 N–H and O–H groups in total. The van der Waals surface area contributed by atoms with Gasteiger partial charge in [-0.2, -0.15) is 5.26 Å². The Morgan fingerprint density at radius 1 is 0.490 bits per heavy atom. The van der Waals surface area contributed by atoms with Gasteiger partial charge in [0.15, 0.2) is 17.5 Å². The fraction of sp³-hybridized carbons (Fsp3) is 0.364. The first-order chi connectivity index (χ1) is 24.2. The van der Waals surface area contributed by atoms with E-state index in [1.165, 1.54) is 80.9 Å². The van der Waals surface area contributed by atoms with Gasteiger partial charge in [0.2, 0.25) is 0 Å². The van der Waals surface area contributed by atoms with Gasteiger partial charge in [-0.1, -0.05) is 79.6 Å². The molecular weight excluding hydrogens is 601 g/mol. The molecule has 4 aliphatic carbocycles. The van der Waals surface area contributed by atoms with Gasteiger partial charge in [0.1, 0.15) is 11.2 Å². The Kier molecular flexibility index (Phi) is 6.68. The van der Waals surface area contributed by atoms with Crippen LogP contribution in [0.5, 0.6) is 0 Å². The summed E-state index contributed by atoms with van der Waals surface area (Å²) in [5, 5.41) is 9.31. The second kappa shape index (κ2) is 11.2. The lowest BCUT2D eigenvalue weighted by atomic mass is 9.67. The third-order valence-corrected chi connectivity index (χ3v) is 13.0. The summed E-state index contributed by atoms with van der Waals surface area (Å²) >= 11 is 0. The second-order valence-electron chi connectivity index (χ2n) is 15.2. The molecule has 4 fully saturated rings. The lowest BCUT2D eigenvalue weighted by Crippen LogP contribution is -2.46. The van der Waals surface area contributed by atoms with Gasteiger partial charge in [-0.05, 0) is 128 Å². The third-order valence-electron chi connectivity index (χ3n) is 13.0. The molecule has 5 heteroatoms. The van der Waals surface area contributed by atoms with E-state index in [9.17, 15) is 5.26 Å². The zero-order valence-electron chi connectivity index (χ0n) is 27.8. The summed E-state index contributed by atoms with van der Waals surface area (Å²) in [5.41, 5.74) is 8.77. The van der Waals surface area contributed by atoms with Crippen LogP contribution < -0.4 is 0 Å². The topological polar surface area (TPSA) is 71.7 Å². The van der Waals surface area contributed by atoms with Crippen molar-refractivity contribution in [3.63, 3.8) is 0 Å². The monoisotopic (exact) mass is 640 g/mol. The minimum atomic E-state index is -0.0950. The Hall–Kier alpha value is -4.66. The summed E-state index contributed by atoms with van der Waals surface area (Å²) in [6, 6.07) is 35.8. The van der Waals surface area contributed by atoms with Crippen molar-refractivity contribution in [2.24, 2.45) is 23.7 Å². The van der Waals surface area contributed by atoms with Crippen molar-refractivity contribution < 1.29 is 4.74 Å². The molecule has 1 aliphatic heterocycles. The predicted molar refractivity (Wildman–Crippen MR) is 191 cm³/mol. The number of fused-ring (bicyclic) bond motifs is 1. The van der Waals surface area contributed by atoms with Gasteiger partial charge in [-0.3, -0.25) is 0 Å². The molecule has 4 bridgehead atoms. The van der Waals surface area contributed by atoms with Gasteiger partial charge in [0.05, 0.1) is 11.6 Å². The molecule has 4 saturated carbocycles. The molecular formula is C44H40N4O. The van der Waals surface area contributed by atoms with Crippen LogP contribution in [0.3, 0.4) is 0 Å². The molecule has 5 nitrogen and oxygen atoms in total. The Bertz CT molecular complexity index is 2070. The van der Waals surface area contributed by atoms with Crippen molar-refractivity contribution in [1.29, 1.82) is 5.26 Å². The number of nitrogens with zero attached hydrogens (tertiary/aromatic N) is 4. The molecule has 4 unspecified atom stereocenters. The van der Waals surface area contributed by atoms with E-state index < -0.39 is 0 Å². The van der Waals surface area contributed by atoms with Gasteiger partial charge in [0.25, 0.3) is 0 Å². The van der Waals surface area contributed by atoms with E-state index >= 15 is 0 Å². The van der Waals surface area contributed by atoms with Crippen LogP contribution in [0.2, 0.25) is 0 Å². The molecule has 10 rings (SSSR count). The van der Waals surface area contributed by atoms with Crippen molar-refractivity contribution in [3.05, 3.63) is 114 Å². The minimum Gasteiger partial charge on any atom is -0.358 e. The van der Waals surface area contributed by atoms with Crippen LogP contribution in [0.15, 0.2) is 97.1 Å². The van der Waals surface area contributed by atoms with Crippen molar-refractivity contribution in [2.75, 3.05) is 0 Å². The fourth-order valence-electron chi connectivity index (χ4n) is 10.8. The second-order valence-corrected chi connectivity index (χ2v) is 15.2. The molecule has 0 saturated heterocycles. The summed E-state index contributed by atoms with van der Waals surface area (Å²) < 4.78 is 7.80. The largest absolute Gasteiger partial charge is 0.358 e. The van der Waals surface area contributed by atoms with E-state index in [-0.39, 0.29) is 11.2 Å². The van der Waals surface area contributed by atoms with Crippen LogP contribution in [-0.2, 0) is 15.9 Å². The number of nitriles is 1. The van der Waals surface area contributed by atoms with Crippen LogP contribution in [0.25, 0.3) is 45.3 Å². The molecule has 49 heavy (non-hydrogen) atoms. The molecule has 5 aromatic rings. The van der Waals surface area contributed by atoms with E-state index in [1.807, 2.05) is 42.5 Å². The van der Waals surface area contributed by atoms with E-state index in [1.54, 1.807) is 17.7 Å². The molecule has 0 radical (unpaired) electrons. The van der Waals surface area contributed by atoms with Gasteiger partial charge in [0, 0.05) is 16.7 Å². The Morgan fingerprint density at radius 3 is 1.47 bits per heavy atom. The normalized spacial score (nSPS) is 29.3. The number of aromatic nitrogens is 3. The molecule has 1 aromatic heterocycles. The van der Waals surface area contributed by atoms with Gasteiger partial charge < -0.3 is 4.74 Å². The van der Waals surface area contributed by atoms with E-state index in [4.69, 9.17) is 19.7 Å². The molecule has 4 aromatic carbocycles. The number of benzene rings is 4. The fourth-order valence-corrected chi connectivity index (χ4v) is 10.8. The van der Waals surface area contributed by atoms with Crippen LogP contribution in [0, 0.1) is 35.0 Å². The Morgan fingerprint density at radius 2 is 0.939 bits per heavy atom. The van der Waals surface area contributed by atoms with Gasteiger partial charge >= 0.3 is 0 Å². The highest BCUT2D eigenvalue weighted by molar-refractivity contribution is 5.72. The van der Waals surface area contributed by atoms with Crippen LogP contribution >= 0.6 is 0 Å². The van der Waals surface area contributed by atoms with Crippen LogP contribution in [0.1, 0.15) is 80.9 Å². The third kappa shape index (κ3) is 4.36. The number of hydrogen-bond donors (Lipinski definition) is 0. The highest BCUT2D eigenvalue weighted by atomic mass is 16.5. The average Bonchev–Trinajstić information content (AvgIpc) is 3.56. The molecule has 2 spiro atoms. The minimum absolute atomic E-state index is 0.0596. The maximum atomic E-state index is 9.31. The van der Waals surface area contributed by atoms with Crippen molar-refractivity contribution in [2.45, 2.75) is 75.4 Å². The maximum absolute atomic E-state index is 9.31.